The van der Waals surface area contributed by atoms with Crippen LogP contribution in [0.25, 0.3) is 5.57 Å². The summed E-state index contributed by atoms with van der Waals surface area (Å²) < 4.78 is 16.7. The summed E-state index contributed by atoms with van der Waals surface area (Å²) in [6.07, 6.45) is 5.82. The molecule has 1 unspecified atom stereocenters. The molecular formula is C23H30N2O4. The molecule has 2 heterocycles. The molecule has 0 saturated heterocycles. The molecule has 6 heteroatoms. The highest BCUT2D eigenvalue weighted by Crippen LogP contribution is 2.28. The van der Waals surface area contributed by atoms with Gasteiger partial charge in [0.15, 0.2) is 0 Å². The van der Waals surface area contributed by atoms with Gasteiger partial charge in [-0.05, 0) is 49.9 Å². The number of methoxy groups -OCH3 is 1. The van der Waals surface area contributed by atoms with E-state index in [-0.39, 0.29) is 5.97 Å². The third-order valence-electron chi connectivity index (χ3n) is 5.18. The van der Waals surface area contributed by atoms with Crippen LogP contribution in [0.5, 0.6) is 5.75 Å². The van der Waals surface area contributed by atoms with Gasteiger partial charge in [-0.2, -0.15) is 0 Å². The summed E-state index contributed by atoms with van der Waals surface area (Å²) in [4.78, 5) is 16.7. The van der Waals surface area contributed by atoms with Gasteiger partial charge in [0.05, 0.1) is 19.4 Å². The summed E-state index contributed by atoms with van der Waals surface area (Å²) >= 11 is 0. The average Bonchev–Trinajstić information content (AvgIpc) is 3.11. The molecule has 1 atom stereocenters. The molecular weight excluding hydrogens is 368 g/mol. The molecule has 1 aliphatic rings. The Bertz CT molecular complexity index is 885. The molecule has 29 heavy (non-hydrogen) atoms. The van der Waals surface area contributed by atoms with Crippen molar-refractivity contribution in [1.82, 2.24) is 10.3 Å². The third kappa shape index (κ3) is 5.07. The Morgan fingerprint density at radius 1 is 1.41 bits per heavy atom. The number of benzene rings is 1. The zero-order valence-corrected chi connectivity index (χ0v) is 17.7. The van der Waals surface area contributed by atoms with Crippen molar-refractivity contribution in [3.8, 4) is 5.75 Å². The maximum absolute atomic E-state index is 12.1. The monoisotopic (exact) mass is 398 g/mol. The molecule has 0 spiro atoms. The van der Waals surface area contributed by atoms with E-state index in [9.17, 15) is 4.79 Å². The van der Waals surface area contributed by atoms with Crippen molar-refractivity contribution in [3.63, 3.8) is 0 Å². The van der Waals surface area contributed by atoms with Gasteiger partial charge in [-0.25, -0.2) is 9.78 Å². The van der Waals surface area contributed by atoms with Crippen LogP contribution in [-0.2, 0) is 22.4 Å². The number of ether oxygens (including phenoxy) is 2. The third-order valence-corrected chi connectivity index (χ3v) is 5.18. The van der Waals surface area contributed by atoms with Crippen LogP contribution in [0.1, 0.15) is 61.2 Å². The van der Waals surface area contributed by atoms with Crippen LogP contribution in [0.15, 0.2) is 28.7 Å². The van der Waals surface area contributed by atoms with E-state index in [1.54, 1.807) is 0 Å². The highest BCUT2D eigenvalue weighted by Gasteiger charge is 2.27. The highest BCUT2D eigenvalue weighted by molar-refractivity contribution is 5.78. The summed E-state index contributed by atoms with van der Waals surface area (Å²) in [5, 5.41) is 3.21. The number of esters is 1. The van der Waals surface area contributed by atoms with Crippen LogP contribution in [0.4, 0.5) is 0 Å². The Hall–Kier alpha value is -2.60. The number of rotatable bonds is 8. The van der Waals surface area contributed by atoms with E-state index < -0.39 is 6.04 Å². The van der Waals surface area contributed by atoms with E-state index in [0.717, 1.165) is 59.7 Å². The Morgan fingerprint density at radius 2 is 2.24 bits per heavy atom. The molecule has 6 nitrogen and oxygen atoms in total. The highest BCUT2D eigenvalue weighted by atomic mass is 16.5. The van der Waals surface area contributed by atoms with Crippen molar-refractivity contribution in [1.29, 1.82) is 0 Å². The summed E-state index contributed by atoms with van der Waals surface area (Å²) in [6.45, 7) is 7.36. The number of carbonyl (C=O) groups excluding carboxylic acids is 1. The lowest BCUT2D eigenvalue weighted by Gasteiger charge is -2.25. The zero-order chi connectivity index (χ0) is 20.8. The summed E-state index contributed by atoms with van der Waals surface area (Å²) in [5.41, 5.74) is 4.06. The maximum Gasteiger partial charge on any atom is 0.327 e. The predicted octanol–water partition coefficient (Wildman–Crippen LogP) is 4.17. The normalized spacial score (nSPS) is 16.4. The van der Waals surface area contributed by atoms with Gasteiger partial charge in [0.25, 0.3) is 0 Å². The number of aryl methyl sites for hydroxylation is 1. The number of nitrogens with zero attached hydrogens (tertiary/aromatic N) is 1. The first kappa shape index (κ1) is 21.1. The van der Waals surface area contributed by atoms with Crippen LogP contribution >= 0.6 is 0 Å². The first-order valence-corrected chi connectivity index (χ1v) is 10.2. The molecule has 1 aromatic heterocycles. The number of aromatic nitrogens is 1. The van der Waals surface area contributed by atoms with Crippen LogP contribution in [0.3, 0.4) is 0 Å². The minimum atomic E-state index is -0.439. The molecule has 1 aliphatic heterocycles. The number of unbranched alkanes of at least 4 members (excludes halogenated alkanes) is 1. The minimum absolute atomic E-state index is 0.277. The van der Waals surface area contributed by atoms with Crippen LogP contribution in [0, 0.1) is 6.92 Å². The number of carbonyl (C=O) groups is 1. The van der Waals surface area contributed by atoms with E-state index in [1.807, 2.05) is 32.0 Å². The number of nitrogens with one attached hydrogen (secondary N) is 1. The van der Waals surface area contributed by atoms with E-state index in [0.29, 0.717) is 18.9 Å². The molecule has 2 aromatic rings. The second-order valence-corrected chi connectivity index (χ2v) is 7.32. The maximum atomic E-state index is 12.1. The number of hydrogen-bond donors (Lipinski definition) is 1. The molecule has 0 bridgehead atoms. The molecule has 3 rings (SSSR count). The lowest BCUT2D eigenvalue weighted by molar-refractivity contribution is -0.143. The summed E-state index contributed by atoms with van der Waals surface area (Å²) in [7, 11) is 1.41. The Morgan fingerprint density at radius 3 is 3.00 bits per heavy atom. The Balaban J connectivity index is 1.64. The molecule has 0 amide bonds. The zero-order valence-electron chi connectivity index (χ0n) is 17.7. The van der Waals surface area contributed by atoms with Gasteiger partial charge in [-0.3, -0.25) is 0 Å². The van der Waals surface area contributed by atoms with Gasteiger partial charge in [0, 0.05) is 18.5 Å². The van der Waals surface area contributed by atoms with Crippen LogP contribution in [0.2, 0.25) is 0 Å². The van der Waals surface area contributed by atoms with Crippen molar-refractivity contribution in [2.75, 3.05) is 20.3 Å². The van der Waals surface area contributed by atoms with Crippen molar-refractivity contribution < 1.29 is 18.7 Å². The van der Waals surface area contributed by atoms with Crippen molar-refractivity contribution in [2.24, 2.45) is 0 Å². The predicted molar refractivity (Wildman–Crippen MR) is 112 cm³/mol. The van der Waals surface area contributed by atoms with Crippen LogP contribution in [-0.4, -0.2) is 31.2 Å². The summed E-state index contributed by atoms with van der Waals surface area (Å²) in [5.74, 6) is 1.97. The van der Waals surface area contributed by atoms with Gasteiger partial charge in [0.1, 0.15) is 17.6 Å². The second kappa shape index (κ2) is 9.74. The van der Waals surface area contributed by atoms with E-state index in [1.165, 1.54) is 7.11 Å². The van der Waals surface area contributed by atoms with Gasteiger partial charge in [-0.15, -0.1) is 0 Å². The fourth-order valence-electron chi connectivity index (χ4n) is 3.49. The molecule has 0 saturated carbocycles. The lowest BCUT2D eigenvalue weighted by atomic mass is 9.94. The SMILES string of the molecule is CCC/C=C(\C)c1nc(CCOc2ccc3c(c2)C(C(=O)OC)NCC3)c(C)o1. The van der Waals surface area contributed by atoms with Gasteiger partial charge >= 0.3 is 5.97 Å². The topological polar surface area (TPSA) is 73.6 Å². The molecule has 1 aromatic carbocycles. The number of fused-ring (bicyclic) bond motifs is 1. The first-order valence-electron chi connectivity index (χ1n) is 10.2. The van der Waals surface area contributed by atoms with E-state index in [2.05, 4.69) is 23.3 Å². The number of allylic oxidation sites excluding steroid dienone is 2. The fraction of sp³-hybridized carbons (Fsp3) is 0.478. The number of hydrogen-bond acceptors (Lipinski definition) is 6. The Kier molecular flexibility index (Phi) is 7.09. The lowest BCUT2D eigenvalue weighted by Crippen LogP contribution is -2.35. The standard InChI is InChI=1S/C23H30N2O4/c1-5-6-7-15(2)22-25-20(16(3)29-22)11-13-28-18-9-8-17-10-12-24-21(19(17)14-18)23(26)27-4/h7-9,14,21,24H,5-6,10-13H2,1-4H3/b15-7+. The van der Waals surface area contributed by atoms with E-state index in [4.69, 9.17) is 13.9 Å². The quantitative estimate of drug-likeness (QED) is 0.673. The number of oxazole rings is 1. The van der Waals surface area contributed by atoms with Gasteiger partial charge < -0.3 is 19.2 Å². The molecule has 0 fully saturated rings. The molecule has 0 radical (unpaired) electrons. The summed E-state index contributed by atoms with van der Waals surface area (Å²) in [6, 6.07) is 5.48. The first-order chi connectivity index (χ1) is 14.0. The largest absolute Gasteiger partial charge is 0.493 e. The van der Waals surface area contributed by atoms with E-state index >= 15 is 0 Å². The van der Waals surface area contributed by atoms with Gasteiger partial charge in [-0.1, -0.05) is 25.5 Å². The average molecular weight is 399 g/mol. The Labute approximate surface area is 172 Å². The van der Waals surface area contributed by atoms with Crippen molar-refractivity contribution >= 4 is 11.5 Å². The molecule has 156 valence electrons. The smallest absolute Gasteiger partial charge is 0.327 e. The fourth-order valence-corrected chi connectivity index (χ4v) is 3.49. The molecule has 0 aliphatic carbocycles. The molecule has 1 N–H and O–H groups in total. The van der Waals surface area contributed by atoms with Crippen LogP contribution < -0.4 is 10.1 Å². The van der Waals surface area contributed by atoms with Gasteiger partial charge in [0.2, 0.25) is 5.89 Å². The van der Waals surface area contributed by atoms with Crippen molar-refractivity contribution in [2.45, 2.75) is 52.5 Å². The van der Waals surface area contributed by atoms with Crippen molar-refractivity contribution in [3.05, 3.63) is 52.7 Å². The minimum Gasteiger partial charge on any atom is -0.493 e. The second-order valence-electron chi connectivity index (χ2n) is 7.32.